The number of amides is 1. The number of hydrogen-bond acceptors (Lipinski definition) is 3. The van der Waals surface area contributed by atoms with Crippen LogP contribution in [-0.4, -0.2) is 19.6 Å². The number of carbonyl (C=O) groups is 1. The van der Waals surface area contributed by atoms with Gasteiger partial charge in [-0.05, 0) is 49.6 Å². The van der Waals surface area contributed by atoms with E-state index in [4.69, 9.17) is 0 Å². The van der Waals surface area contributed by atoms with Gasteiger partial charge in [-0.3, -0.25) is 4.79 Å². The van der Waals surface area contributed by atoms with E-state index in [2.05, 4.69) is 5.32 Å². The third kappa shape index (κ3) is 4.45. The molecular formula is C19H23NO3S. The minimum Gasteiger partial charge on any atom is -0.352 e. The van der Waals surface area contributed by atoms with E-state index >= 15 is 0 Å². The molecular weight excluding hydrogens is 322 g/mol. The molecule has 0 aliphatic carbocycles. The highest BCUT2D eigenvalue weighted by Gasteiger charge is 2.18. The van der Waals surface area contributed by atoms with E-state index in [9.17, 15) is 13.2 Å². The van der Waals surface area contributed by atoms with Crippen LogP contribution in [0.3, 0.4) is 0 Å². The Kier molecular flexibility index (Phi) is 5.78. The summed E-state index contributed by atoms with van der Waals surface area (Å²) in [6, 6.07) is 14.5. The number of nitrogens with one attached hydrogen (secondary N) is 1. The molecule has 1 N–H and O–H groups in total. The van der Waals surface area contributed by atoms with E-state index in [0.717, 1.165) is 16.7 Å². The second kappa shape index (κ2) is 7.62. The Balaban J connectivity index is 1.95. The summed E-state index contributed by atoms with van der Waals surface area (Å²) >= 11 is 0. The first-order valence-corrected chi connectivity index (χ1v) is 9.49. The number of benzene rings is 2. The van der Waals surface area contributed by atoms with E-state index < -0.39 is 15.1 Å². The number of aryl methyl sites for hydroxylation is 1. The molecule has 0 aliphatic rings. The SMILES string of the molecule is Cc1ccccc1CC(=O)NCc1ccc(S(=O)(=O)C(C)C)cc1. The number of rotatable bonds is 6. The topological polar surface area (TPSA) is 63.2 Å². The molecule has 0 atom stereocenters. The second-order valence-corrected chi connectivity index (χ2v) is 8.62. The van der Waals surface area contributed by atoms with Crippen LogP contribution in [0.15, 0.2) is 53.4 Å². The lowest BCUT2D eigenvalue weighted by molar-refractivity contribution is -0.120. The summed E-state index contributed by atoms with van der Waals surface area (Å²) in [5.41, 5.74) is 2.97. The van der Waals surface area contributed by atoms with Crippen molar-refractivity contribution in [2.45, 2.75) is 43.9 Å². The molecule has 0 saturated heterocycles. The van der Waals surface area contributed by atoms with Crippen molar-refractivity contribution in [3.63, 3.8) is 0 Å². The number of hydrogen-bond donors (Lipinski definition) is 1. The third-order valence-electron chi connectivity index (χ3n) is 3.97. The maximum absolute atomic E-state index is 12.1. The van der Waals surface area contributed by atoms with E-state index in [1.807, 2.05) is 31.2 Å². The molecule has 5 heteroatoms. The van der Waals surface area contributed by atoms with Gasteiger partial charge >= 0.3 is 0 Å². The Morgan fingerprint density at radius 3 is 2.25 bits per heavy atom. The Morgan fingerprint density at radius 2 is 1.67 bits per heavy atom. The Bertz CT molecular complexity index is 809. The fraction of sp³-hybridized carbons (Fsp3) is 0.316. The lowest BCUT2D eigenvalue weighted by atomic mass is 10.1. The summed E-state index contributed by atoms with van der Waals surface area (Å²) in [4.78, 5) is 12.4. The summed E-state index contributed by atoms with van der Waals surface area (Å²) in [5, 5.41) is 2.42. The van der Waals surface area contributed by atoms with E-state index in [1.54, 1.807) is 38.1 Å². The van der Waals surface area contributed by atoms with Crippen LogP contribution < -0.4 is 5.32 Å². The smallest absolute Gasteiger partial charge is 0.224 e. The molecule has 2 aromatic rings. The Morgan fingerprint density at radius 1 is 1.04 bits per heavy atom. The summed E-state index contributed by atoms with van der Waals surface area (Å²) in [7, 11) is -3.26. The van der Waals surface area contributed by atoms with Crippen molar-refractivity contribution < 1.29 is 13.2 Å². The molecule has 0 saturated carbocycles. The molecule has 1 amide bonds. The van der Waals surface area contributed by atoms with Gasteiger partial charge < -0.3 is 5.32 Å². The van der Waals surface area contributed by atoms with E-state index in [1.165, 1.54) is 0 Å². The quantitative estimate of drug-likeness (QED) is 0.875. The zero-order chi connectivity index (χ0) is 17.7. The minimum absolute atomic E-state index is 0.0526. The molecule has 0 aromatic heterocycles. The molecule has 0 aliphatic heterocycles. The monoisotopic (exact) mass is 345 g/mol. The molecule has 0 fully saturated rings. The largest absolute Gasteiger partial charge is 0.352 e. The van der Waals surface area contributed by atoms with Crippen LogP contribution in [0, 0.1) is 6.92 Å². The summed E-state index contributed by atoms with van der Waals surface area (Å²) < 4.78 is 24.1. The highest BCUT2D eigenvalue weighted by Crippen LogP contribution is 2.16. The van der Waals surface area contributed by atoms with Crippen molar-refractivity contribution in [2.75, 3.05) is 0 Å². The molecule has 0 heterocycles. The average molecular weight is 345 g/mol. The molecule has 24 heavy (non-hydrogen) atoms. The summed E-state index contributed by atoms with van der Waals surface area (Å²) in [5.74, 6) is -0.0526. The van der Waals surface area contributed by atoms with E-state index in [0.29, 0.717) is 17.9 Å². The summed E-state index contributed by atoms with van der Waals surface area (Å²) in [6.07, 6.45) is 0.340. The molecule has 0 bridgehead atoms. The van der Waals surface area contributed by atoms with Crippen LogP contribution in [0.5, 0.6) is 0 Å². The lowest BCUT2D eigenvalue weighted by Gasteiger charge is -2.10. The maximum Gasteiger partial charge on any atom is 0.224 e. The van der Waals surface area contributed by atoms with Crippen molar-refractivity contribution >= 4 is 15.7 Å². The van der Waals surface area contributed by atoms with Crippen molar-refractivity contribution in [3.05, 3.63) is 65.2 Å². The molecule has 0 unspecified atom stereocenters. The third-order valence-corrected chi connectivity index (χ3v) is 6.14. The van der Waals surface area contributed by atoms with Gasteiger partial charge in [0.2, 0.25) is 5.91 Å². The van der Waals surface area contributed by atoms with Crippen molar-refractivity contribution in [1.29, 1.82) is 0 Å². The fourth-order valence-electron chi connectivity index (χ4n) is 2.31. The zero-order valence-corrected chi connectivity index (χ0v) is 15.1. The highest BCUT2D eigenvalue weighted by atomic mass is 32.2. The van der Waals surface area contributed by atoms with Gasteiger partial charge in [0.05, 0.1) is 16.6 Å². The van der Waals surface area contributed by atoms with Gasteiger partial charge in [-0.25, -0.2) is 8.42 Å². The molecule has 4 nitrogen and oxygen atoms in total. The predicted octanol–water partition coefficient (Wildman–Crippen LogP) is 3.04. The number of carbonyl (C=O) groups excluding carboxylic acids is 1. The average Bonchev–Trinajstić information content (AvgIpc) is 2.55. The van der Waals surface area contributed by atoms with Gasteiger partial charge in [-0.2, -0.15) is 0 Å². The van der Waals surface area contributed by atoms with Gasteiger partial charge in [0.25, 0.3) is 0 Å². The Hall–Kier alpha value is -2.14. The van der Waals surface area contributed by atoms with Crippen molar-refractivity contribution in [3.8, 4) is 0 Å². The predicted molar refractivity (Wildman–Crippen MR) is 95.5 cm³/mol. The molecule has 0 radical (unpaired) electrons. The normalized spacial score (nSPS) is 11.5. The summed E-state index contributed by atoms with van der Waals surface area (Å²) in [6.45, 7) is 5.69. The van der Waals surface area contributed by atoms with Gasteiger partial charge in [0.15, 0.2) is 9.84 Å². The lowest BCUT2D eigenvalue weighted by Crippen LogP contribution is -2.24. The molecule has 2 rings (SSSR count). The van der Waals surface area contributed by atoms with Gasteiger partial charge in [-0.1, -0.05) is 36.4 Å². The van der Waals surface area contributed by atoms with Crippen molar-refractivity contribution in [2.24, 2.45) is 0 Å². The van der Waals surface area contributed by atoms with Crippen LogP contribution >= 0.6 is 0 Å². The fourth-order valence-corrected chi connectivity index (χ4v) is 3.37. The van der Waals surface area contributed by atoms with Gasteiger partial charge in [0, 0.05) is 6.54 Å². The second-order valence-electron chi connectivity index (χ2n) is 6.12. The minimum atomic E-state index is -3.26. The van der Waals surface area contributed by atoms with Crippen molar-refractivity contribution in [1.82, 2.24) is 5.32 Å². The molecule has 2 aromatic carbocycles. The first kappa shape index (κ1) is 18.2. The van der Waals surface area contributed by atoms with Gasteiger partial charge in [0.1, 0.15) is 0 Å². The Labute approximate surface area is 143 Å². The van der Waals surface area contributed by atoms with Crippen LogP contribution in [0.1, 0.15) is 30.5 Å². The van der Waals surface area contributed by atoms with Crippen LogP contribution in [0.4, 0.5) is 0 Å². The van der Waals surface area contributed by atoms with E-state index in [-0.39, 0.29) is 5.91 Å². The standard InChI is InChI=1S/C19H23NO3S/c1-14(2)24(22,23)18-10-8-16(9-11-18)13-20-19(21)12-17-7-5-4-6-15(17)3/h4-11,14H,12-13H2,1-3H3,(H,20,21). The molecule has 0 spiro atoms. The maximum atomic E-state index is 12.1. The van der Waals surface area contributed by atoms with Gasteiger partial charge in [-0.15, -0.1) is 0 Å². The first-order chi connectivity index (χ1) is 11.3. The highest BCUT2D eigenvalue weighted by molar-refractivity contribution is 7.92. The zero-order valence-electron chi connectivity index (χ0n) is 14.2. The van der Waals surface area contributed by atoms with Crippen LogP contribution in [-0.2, 0) is 27.6 Å². The number of sulfone groups is 1. The first-order valence-electron chi connectivity index (χ1n) is 7.94. The van der Waals surface area contributed by atoms with Crippen LogP contribution in [0.25, 0.3) is 0 Å². The molecule has 128 valence electrons. The van der Waals surface area contributed by atoms with Crippen LogP contribution in [0.2, 0.25) is 0 Å².